The third kappa shape index (κ3) is 2.41. The van der Waals surface area contributed by atoms with Crippen LogP contribution in [0.15, 0.2) is 41.6 Å². The SMILES string of the molecule is N#CCSc1cccc(-c2nc3cnncc3[nH]2)c1. The van der Waals surface area contributed by atoms with Gasteiger partial charge < -0.3 is 4.98 Å². The smallest absolute Gasteiger partial charge is 0.138 e. The number of aromatic amines is 1. The van der Waals surface area contributed by atoms with Crippen LogP contribution in [0.1, 0.15) is 0 Å². The summed E-state index contributed by atoms with van der Waals surface area (Å²) in [6.45, 7) is 0. The van der Waals surface area contributed by atoms with Gasteiger partial charge in [0.05, 0.1) is 29.7 Å². The van der Waals surface area contributed by atoms with E-state index in [2.05, 4.69) is 26.2 Å². The molecule has 0 atom stereocenters. The van der Waals surface area contributed by atoms with Gasteiger partial charge in [-0.25, -0.2) is 4.98 Å². The highest BCUT2D eigenvalue weighted by molar-refractivity contribution is 7.99. The van der Waals surface area contributed by atoms with E-state index in [1.54, 1.807) is 12.4 Å². The van der Waals surface area contributed by atoms with E-state index in [4.69, 9.17) is 5.26 Å². The molecule has 5 nitrogen and oxygen atoms in total. The minimum Gasteiger partial charge on any atom is -0.337 e. The Hall–Kier alpha value is -2.39. The average molecular weight is 267 g/mol. The summed E-state index contributed by atoms with van der Waals surface area (Å²) < 4.78 is 0. The molecule has 19 heavy (non-hydrogen) atoms. The van der Waals surface area contributed by atoms with E-state index < -0.39 is 0 Å². The molecule has 3 aromatic rings. The first kappa shape index (κ1) is 11.7. The first-order valence-electron chi connectivity index (χ1n) is 5.63. The maximum absolute atomic E-state index is 8.61. The summed E-state index contributed by atoms with van der Waals surface area (Å²) in [4.78, 5) is 8.73. The Morgan fingerprint density at radius 2 is 2.16 bits per heavy atom. The van der Waals surface area contributed by atoms with Gasteiger partial charge in [-0.15, -0.1) is 11.8 Å². The second-order valence-corrected chi connectivity index (χ2v) is 4.90. The predicted molar refractivity (Wildman–Crippen MR) is 73.5 cm³/mol. The van der Waals surface area contributed by atoms with Gasteiger partial charge in [0.1, 0.15) is 11.3 Å². The molecule has 0 aliphatic rings. The van der Waals surface area contributed by atoms with Crippen molar-refractivity contribution in [1.29, 1.82) is 5.26 Å². The number of thioether (sulfide) groups is 1. The predicted octanol–water partition coefficient (Wildman–Crippen LogP) is 2.64. The second-order valence-electron chi connectivity index (χ2n) is 3.85. The Kier molecular flexibility index (Phi) is 3.12. The molecule has 0 amide bonds. The zero-order valence-electron chi connectivity index (χ0n) is 9.87. The molecule has 0 spiro atoms. The number of nitrogens with one attached hydrogen (secondary N) is 1. The Morgan fingerprint density at radius 3 is 3.00 bits per heavy atom. The first-order valence-corrected chi connectivity index (χ1v) is 6.62. The maximum Gasteiger partial charge on any atom is 0.138 e. The van der Waals surface area contributed by atoms with Gasteiger partial charge in [0.25, 0.3) is 0 Å². The van der Waals surface area contributed by atoms with Gasteiger partial charge in [-0.3, -0.25) is 0 Å². The number of nitrogens with zero attached hydrogens (tertiary/aromatic N) is 4. The monoisotopic (exact) mass is 267 g/mol. The molecule has 2 aromatic heterocycles. The highest BCUT2D eigenvalue weighted by atomic mass is 32.2. The zero-order valence-corrected chi connectivity index (χ0v) is 10.7. The van der Waals surface area contributed by atoms with Crippen LogP contribution in [-0.2, 0) is 0 Å². The van der Waals surface area contributed by atoms with Gasteiger partial charge in [0.15, 0.2) is 0 Å². The summed E-state index contributed by atoms with van der Waals surface area (Å²) in [6.07, 6.45) is 3.28. The van der Waals surface area contributed by atoms with Gasteiger partial charge in [-0.2, -0.15) is 15.5 Å². The number of aromatic nitrogens is 4. The van der Waals surface area contributed by atoms with E-state index in [1.165, 1.54) is 11.8 Å². The molecule has 0 radical (unpaired) electrons. The number of benzene rings is 1. The molecule has 6 heteroatoms. The van der Waals surface area contributed by atoms with Crippen molar-refractivity contribution in [2.75, 3.05) is 5.75 Å². The summed E-state index contributed by atoms with van der Waals surface area (Å²) in [5.74, 6) is 1.22. The lowest BCUT2D eigenvalue weighted by atomic mass is 10.2. The van der Waals surface area contributed by atoms with Gasteiger partial charge in [-0.1, -0.05) is 12.1 Å². The summed E-state index contributed by atoms with van der Waals surface area (Å²) >= 11 is 1.51. The Bertz CT molecular complexity index is 726. The molecule has 0 bridgehead atoms. The van der Waals surface area contributed by atoms with E-state index >= 15 is 0 Å². The van der Waals surface area contributed by atoms with E-state index in [1.807, 2.05) is 24.3 Å². The Labute approximate surface area is 113 Å². The number of H-pyrrole nitrogens is 1. The number of rotatable bonds is 3. The van der Waals surface area contributed by atoms with Crippen molar-refractivity contribution in [3.05, 3.63) is 36.7 Å². The molecular weight excluding hydrogens is 258 g/mol. The Morgan fingerprint density at radius 1 is 1.26 bits per heavy atom. The average Bonchev–Trinajstić information content (AvgIpc) is 2.89. The fourth-order valence-corrected chi connectivity index (χ4v) is 2.38. The van der Waals surface area contributed by atoms with Crippen molar-refractivity contribution in [2.24, 2.45) is 0 Å². The minimum absolute atomic E-state index is 0.442. The topological polar surface area (TPSA) is 78.2 Å². The summed E-state index contributed by atoms with van der Waals surface area (Å²) in [7, 11) is 0. The fourth-order valence-electron chi connectivity index (χ4n) is 1.76. The van der Waals surface area contributed by atoms with Gasteiger partial charge >= 0.3 is 0 Å². The third-order valence-corrected chi connectivity index (χ3v) is 3.47. The van der Waals surface area contributed by atoms with E-state index in [0.29, 0.717) is 5.75 Å². The highest BCUT2D eigenvalue weighted by Crippen LogP contribution is 2.25. The lowest BCUT2D eigenvalue weighted by Gasteiger charge is -2.00. The highest BCUT2D eigenvalue weighted by Gasteiger charge is 2.06. The first-order chi connectivity index (χ1) is 9.36. The van der Waals surface area contributed by atoms with Crippen molar-refractivity contribution in [2.45, 2.75) is 4.90 Å². The zero-order chi connectivity index (χ0) is 13.1. The Balaban J connectivity index is 1.99. The van der Waals surface area contributed by atoms with Gasteiger partial charge in [0, 0.05) is 10.5 Å². The number of nitriles is 1. The van der Waals surface area contributed by atoms with Crippen LogP contribution < -0.4 is 0 Å². The molecule has 2 heterocycles. The number of fused-ring (bicyclic) bond motifs is 1. The van der Waals surface area contributed by atoms with E-state index in [0.717, 1.165) is 27.3 Å². The van der Waals surface area contributed by atoms with Crippen LogP contribution in [0.3, 0.4) is 0 Å². The van der Waals surface area contributed by atoms with Crippen molar-refractivity contribution in [3.63, 3.8) is 0 Å². The third-order valence-electron chi connectivity index (χ3n) is 2.61. The quantitative estimate of drug-likeness (QED) is 0.738. The van der Waals surface area contributed by atoms with Crippen LogP contribution in [0.5, 0.6) is 0 Å². The lowest BCUT2D eigenvalue weighted by molar-refractivity contribution is 1.05. The van der Waals surface area contributed by atoms with Crippen LogP contribution in [0.4, 0.5) is 0 Å². The van der Waals surface area contributed by atoms with Crippen molar-refractivity contribution in [1.82, 2.24) is 20.2 Å². The molecule has 0 aliphatic carbocycles. The van der Waals surface area contributed by atoms with Gasteiger partial charge in [0.2, 0.25) is 0 Å². The number of imidazole rings is 1. The summed E-state index contributed by atoms with van der Waals surface area (Å²) in [6, 6.07) is 10.1. The normalized spacial score (nSPS) is 10.5. The molecule has 0 unspecified atom stereocenters. The van der Waals surface area contributed by atoms with Gasteiger partial charge in [-0.05, 0) is 12.1 Å². The second kappa shape index (κ2) is 5.08. The lowest BCUT2D eigenvalue weighted by Crippen LogP contribution is -1.81. The van der Waals surface area contributed by atoms with E-state index in [9.17, 15) is 0 Å². The molecule has 0 fully saturated rings. The maximum atomic E-state index is 8.61. The molecule has 3 rings (SSSR count). The minimum atomic E-state index is 0.442. The van der Waals surface area contributed by atoms with Crippen molar-refractivity contribution >= 4 is 22.8 Å². The largest absolute Gasteiger partial charge is 0.337 e. The number of hydrogen-bond acceptors (Lipinski definition) is 5. The fraction of sp³-hybridized carbons (Fsp3) is 0.0769. The molecule has 0 aliphatic heterocycles. The summed E-state index contributed by atoms with van der Waals surface area (Å²) in [5, 5.41) is 16.2. The molecule has 0 saturated heterocycles. The standard InChI is InChI=1S/C13H9N5S/c14-4-5-19-10-3-1-2-9(6-10)13-17-11-7-15-16-8-12(11)18-13/h1-3,6-8H,5H2,(H,17,18). The van der Waals surface area contributed by atoms with Crippen LogP contribution in [0.2, 0.25) is 0 Å². The molecular formula is C13H9N5S. The molecule has 1 aromatic carbocycles. The van der Waals surface area contributed by atoms with Crippen molar-refractivity contribution in [3.8, 4) is 17.5 Å². The number of hydrogen-bond donors (Lipinski definition) is 1. The summed E-state index contributed by atoms with van der Waals surface area (Å²) in [5.41, 5.74) is 2.64. The van der Waals surface area contributed by atoms with Crippen LogP contribution in [-0.4, -0.2) is 25.9 Å². The van der Waals surface area contributed by atoms with Crippen LogP contribution >= 0.6 is 11.8 Å². The van der Waals surface area contributed by atoms with Crippen molar-refractivity contribution < 1.29 is 0 Å². The van der Waals surface area contributed by atoms with E-state index in [-0.39, 0.29) is 0 Å². The molecule has 92 valence electrons. The molecule has 1 N–H and O–H groups in total. The van der Waals surface area contributed by atoms with Crippen LogP contribution in [0.25, 0.3) is 22.4 Å². The molecule has 0 saturated carbocycles. The van der Waals surface area contributed by atoms with Crippen LogP contribution in [0, 0.1) is 11.3 Å².